The molecule has 0 amide bonds. The molecule has 21 heavy (non-hydrogen) atoms. The summed E-state index contributed by atoms with van der Waals surface area (Å²) in [6.07, 6.45) is 0. The van der Waals surface area contributed by atoms with Gasteiger partial charge < -0.3 is 10.1 Å². The third-order valence-corrected chi connectivity index (χ3v) is 3.35. The van der Waals surface area contributed by atoms with E-state index in [1.165, 1.54) is 0 Å². The lowest BCUT2D eigenvalue weighted by Crippen LogP contribution is -2.32. The maximum Gasteiger partial charge on any atom is 0.333 e. The average molecular weight is 298 g/mol. The van der Waals surface area contributed by atoms with Crippen molar-refractivity contribution in [3.8, 4) is 0 Å². The Labute approximate surface area is 125 Å². The summed E-state index contributed by atoms with van der Waals surface area (Å²) in [6.45, 7) is 12.8. The lowest BCUT2D eigenvalue weighted by atomic mass is 10.1. The van der Waals surface area contributed by atoms with Crippen LogP contribution in [0.2, 0.25) is 0 Å². The number of aryl methyl sites for hydroxylation is 1. The Hall–Kier alpha value is -1.63. The van der Waals surface area contributed by atoms with Crippen molar-refractivity contribution in [3.63, 3.8) is 0 Å². The van der Waals surface area contributed by atoms with E-state index >= 15 is 0 Å². The first-order chi connectivity index (χ1) is 9.79. The number of ether oxygens (including phenoxy) is 1. The molecule has 1 N–H and O–H groups in total. The van der Waals surface area contributed by atoms with Crippen LogP contribution in [0.25, 0.3) is 0 Å². The van der Waals surface area contributed by atoms with Crippen LogP contribution in [0.15, 0.2) is 0 Å². The Kier molecular flexibility index (Phi) is 6.14. The molecule has 120 valence electrons. The first-order valence-electron chi connectivity index (χ1n) is 7.37. The van der Waals surface area contributed by atoms with Crippen molar-refractivity contribution in [2.75, 3.05) is 18.5 Å². The van der Waals surface area contributed by atoms with Crippen LogP contribution in [-0.2, 0) is 4.74 Å². The van der Waals surface area contributed by atoms with Gasteiger partial charge in [-0.15, -0.1) is 0 Å². The second kappa shape index (κ2) is 7.40. The molecule has 0 radical (unpaired) electrons. The molecule has 0 aliphatic rings. The molecular weight excluding hydrogens is 272 g/mol. The first kappa shape index (κ1) is 17.4. The Bertz CT molecular complexity index is 483. The summed E-state index contributed by atoms with van der Waals surface area (Å²) < 4.78 is 7.15. The lowest BCUT2D eigenvalue weighted by Gasteiger charge is -2.23. The highest BCUT2D eigenvalue weighted by molar-refractivity contribution is 5.60. The highest BCUT2D eigenvalue weighted by Crippen LogP contribution is 2.31. The van der Waals surface area contributed by atoms with Crippen molar-refractivity contribution in [2.45, 2.75) is 53.6 Å². The van der Waals surface area contributed by atoms with Gasteiger partial charge in [-0.3, -0.25) is 10.1 Å². The molecule has 0 bridgehead atoms. The summed E-state index contributed by atoms with van der Waals surface area (Å²) in [4.78, 5) is 11.0. The Morgan fingerprint density at radius 2 is 2.00 bits per heavy atom. The standard InChI is InChI=1S/C14H26N4O3/c1-7-21-8-12(9(2)3)15-14-13(18(19)20)11(6)16-17(14)10(4)5/h9-10,12,15H,7-8H2,1-6H3. The largest absolute Gasteiger partial charge is 0.380 e. The van der Waals surface area contributed by atoms with E-state index in [0.717, 1.165) is 0 Å². The number of nitrogens with zero attached hydrogens (tertiary/aromatic N) is 3. The molecular formula is C14H26N4O3. The molecule has 7 heteroatoms. The minimum atomic E-state index is -0.373. The van der Waals surface area contributed by atoms with Crippen LogP contribution >= 0.6 is 0 Å². The van der Waals surface area contributed by atoms with E-state index in [2.05, 4.69) is 24.3 Å². The molecule has 7 nitrogen and oxygen atoms in total. The van der Waals surface area contributed by atoms with Crippen molar-refractivity contribution in [1.82, 2.24) is 9.78 Å². The third kappa shape index (κ3) is 4.17. The summed E-state index contributed by atoms with van der Waals surface area (Å²) in [5.74, 6) is 0.748. The van der Waals surface area contributed by atoms with Gasteiger partial charge >= 0.3 is 5.69 Å². The fourth-order valence-electron chi connectivity index (χ4n) is 2.09. The fourth-order valence-corrected chi connectivity index (χ4v) is 2.09. The molecule has 0 saturated carbocycles. The van der Waals surface area contributed by atoms with Gasteiger partial charge in [0.2, 0.25) is 5.82 Å². The number of nitrogens with one attached hydrogen (secondary N) is 1. The maximum atomic E-state index is 11.3. The molecule has 1 unspecified atom stereocenters. The number of nitro groups is 1. The van der Waals surface area contributed by atoms with Crippen LogP contribution in [0.1, 0.15) is 46.4 Å². The fraction of sp³-hybridized carbons (Fsp3) is 0.786. The monoisotopic (exact) mass is 298 g/mol. The van der Waals surface area contributed by atoms with Gasteiger partial charge in [-0.05, 0) is 33.6 Å². The normalized spacial score (nSPS) is 13.0. The van der Waals surface area contributed by atoms with Crippen LogP contribution in [-0.4, -0.2) is 34.0 Å². The zero-order valence-electron chi connectivity index (χ0n) is 13.7. The van der Waals surface area contributed by atoms with Gasteiger partial charge in [-0.2, -0.15) is 5.10 Å². The minimum absolute atomic E-state index is 0.00255. The van der Waals surface area contributed by atoms with Gasteiger partial charge in [-0.25, -0.2) is 4.68 Å². The van der Waals surface area contributed by atoms with Crippen molar-refractivity contribution >= 4 is 11.5 Å². The second-order valence-electron chi connectivity index (χ2n) is 5.73. The predicted octanol–water partition coefficient (Wildman–Crippen LogP) is 3.15. The number of hydrogen-bond acceptors (Lipinski definition) is 5. The third-order valence-electron chi connectivity index (χ3n) is 3.35. The molecule has 0 fully saturated rings. The van der Waals surface area contributed by atoms with Crippen LogP contribution < -0.4 is 5.32 Å². The van der Waals surface area contributed by atoms with Crippen molar-refractivity contribution in [3.05, 3.63) is 15.8 Å². The zero-order chi connectivity index (χ0) is 16.2. The summed E-state index contributed by atoms with van der Waals surface area (Å²) in [6, 6.07) is 0.0389. The molecule has 0 aliphatic heterocycles. The molecule has 0 saturated heterocycles. The summed E-state index contributed by atoms with van der Waals surface area (Å²) >= 11 is 0. The lowest BCUT2D eigenvalue weighted by molar-refractivity contribution is -0.384. The first-order valence-corrected chi connectivity index (χ1v) is 7.37. The Balaban J connectivity index is 3.16. The molecule has 1 aromatic rings. The highest BCUT2D eigenvalue weighted by atomic mass is 16.6. The number of anilines is 1. The van der Waals surface area contributed by atoms with Crippen LogP contribution in [0.3, 0.4) is 0 Å². The smallest absolute Gasteiger partial charge is 0.333 e. The van der Waals surface area contributed by atoms with E-state index in [4.69, 9.17) is 4.74 Å². The Morgan fingerprint density at radius 3 is 2.43 bits per heavy atom. The van der Waals surface area contributed by atoms with E-state index in [1.54, 1.807) is 11.6 Å². The van der Waals surface area contributed by atoms with Gasteiger partial charge in [0, 0.05) is 12.6 Å². The van der Waals surface area contributed by atoms with E-state index in [1.807, 2.05) is 20.8 Å². The van der Waals surface area contributed by atoms with E-state index in [9.17, 15) is 10.1 Å². The molecule has 1 heterocycles. The SMILES string of the molecule is CCOCC(Nc1c([N+](=O)[O-])c(C)nn1C(C)C)C(C)C. The number of aromatic nitrogens is 2. The number of rotatable bonds is 8. The van der Waals surface area contributed by atoms with E-state index < -0.39 is 0 Å². The van der Waals surface area contributed by atoms with Crippen LogP contribution in [0.4, 0.5) is 11.5 Å². The van der Waals surface area contributed by atoms with Crippen molar-refractivity contribution < 1.29 is 9.66 Å². The topological polar surface area (TPSA) is 82.2 Å². The minimum Gasteiger partial charge on any atom is -0.380 e. The average Bonchev–Trinajstić information content (AvgIpc) is 2.71. The van der Waals surface area contributed by atoms with E-state index in [-0.39, 0.29) is 28.6 Å². The van der Waals surface area contributed by atoms with Gasteiger partial charge in [0.15, 0.2) is 0 Å². The van der Waals surface area contributed by atoms with Gasteiger partial charge in [0.25, 0.3) is 0 Å². The van der Waals surface area contributed by atoms with Crippen molar-refractivity contribution in [2.24, 2.45) is 5.92 Å². The molecule has 0 aromatic carbocycles. The van der Waals surface area contributed by atoms with E-state index in [0.29, 0.717) is 24.7 Å². The second-order valence-corrected chi connectivity index (χ2v) is 5.73. The molecule has 1 aromatic heterocycles. The van der Waals surface area contributed by atoms with Crippen LogP contribution in [0, 0.1) is 23.0 Å². The molecule has 1 atom stereocenters. The molecule has 1 rings (SSSR count). The maximum absolute atomic E-state index is 11.3. The van der Waals surface area contributed by atoms with Gasteiger partial charge in [0.05, 0.1) is 17.6 Å². The molecule has 0 spiro atoms. The number of hydrogen-bond donors (Lipinski definition) is 1. The Morgan fingerprint density at radius 1 is 1.38 bits per heavy atom. The summed E-state index contributed by atoms with van der Waals surface area (Å²) in [7, 11) is 0. The van der Waals surface area contributed by atoms with Gasteiger partial charge in [-0.1, -0.05) is 13.8 Å². The predicted molar refractivity (Wildman–Crippen MR) is 82.7 cm³/mol. The zero-order valence-corrected chi connectivity index (χ0v) is 13.7. The highest BCUT2D eigenvalue weighted by Gasteiger charge is 2.29. The quantitative estimate of drug-likeness (QED) is 0.589. The van der Waals surface area contributed by atoms with Crippen molar-refractivity contribution in [1.29, 1.82) is 0 Å². The van der Waals surface area contributed by atoms with Gasteiger partial charge in [0.1, 0.15) is 5.69 Å². The summed E-state index contributed by atoms with van der Waals surface area (Å²) in [5.41, 5.74) is 0.473. The molecule has 0 aliphatic carbocycles. The summed E-state index contributed by atoms with van der Waals surface area (Å²) in [5, 5.41) is 18.9. The van der Waals surface area contributed by atoms with Crippen LogP contribution in [0.5, 0.6) is 0 Å².